The number of hydrogen-bond acceptors (Lipinski definition) is 6. The molecule has 11 rings (SSSR count). The first kappa shape index (κ1) is 32.3. The third kappa shape index (κ3) is 4.32. The van der Waals surface area contributed by atoms with Crippen LogP contribution in [0.4, 0.5) is 0 Å². The Kier molecular flexibility index (Phi) is 6.44. The summed E-state index contributed by atoms with van der Waals surface area (Å²) in [7, 11) is 0. The van der Waals surface area contributed by atoms with Gasteiger partial charge in [0.1, 0.15) is 46.0 Å². The van der Waals surface area contributed by atoms with Crippen LogP contribution in [0.3, 0.4) is 0 Å². The highest BCUT2D eigenvalue weighted by Gasteiger charge is 2.45. The molecule has 56 heavy (non-hydrogen) atoms. The minimum absolute atomic E-state index is 0.192. The second-order valence-corrected chi connectivity index (χ2v) is 15.4. The lowest BCUT2D eigenvalue weighted by atomic mass is 9.64. The summed E-state index contributed by atoms with van der Waals surface area (Å²) in [6.07, 6.45) is 0. The van der Waals surface area contributed by atoms with Gasteiger partial charge in [-0.3, -0.25) is 0 Å². The zero-order chi connectivity index (χ0) is 38.1. The first-order valence-electron chi connectivity index (χ1n) is 18.6. The quantitative estimate of drug-likeness (QED) is 0.141. The number of hydrogen-bond donors (Lipinski definition) is 4. The van der Waals surface area contributed by atoms with Crippen LogP contribution in [0.15, 0.2) is 146 Å². The molecule has 9 aromatic rings. The van der Waals surface area contributed by atoms with Gasteiger partial charge in [0.05, 0.1) is 10.8 Å². The van der Waals surface area contributed by atoms with E-state index in [-0.39, 0.29) is 23.0 Å². The fourth-order valence-corrected chi connectivity index (χ4v) is 9.79. The molecule has 0 bridgehead atoms. The lowest BCUT2D eigenvalue weighted by Crippen LogP contribution is -2.32. The molecule has 4 N–H and O–H groups in total. The van der Waals surface area contributed by atoms with Crippen molar-refractivity contribution in [1.29, 1.82) is 0 Å². The van der Waals surface area contributed by atoms with Crippen molar-refractivity contribution in [2.45, 2.75) is 24.7 Å². The molecule has 6 nitrogen and oxygen atoms in total. The van der Waals surface area contributed by atoms with E-state index in [1.807, 2.05) is 72.8 Å². The molecule has 270 valence electrons. The van der Waals surface area contributed by atoms with E-state index >= 15 is 0 Å². The van der Waals surface area contributed by atoms with Crippen LogP contribution in [0.1, 0.15) is 47.2 Å². The third-order valence-electron chi connectivity index (χ3n) is 12.3. The number of phenolic OH excluding ortho intramolecular Hbond substituents is 4. The summed E-state index contributed by atoms with van der Waals surface area (Å²) in [4.78, 5) is 0. The van der Waals surface area contributed by atoms with Crippen LogP contribution in [0.25, 0.3) is 43.1 Å². The highest BCUT2D eigenvalue weighted by molar-refractivity contribution is 5.99. The van der Waals surface area contributed by atoms with E-state index in [9.17, 15) is 20.4 Å². The van der Waals surface area contributed by atoms with Gasteiger partial charge in [-0.05, 0) is 141 Å². The maximum Gasteiger partial charge on any atom is 0.132 e. The molecule has 0 aliphatic carbocycles. The highest BCUT2D eigenvalue weighted by Crippen LogP contribution is 2.59. The van der Waals surface area contributed by atoms with Crippen LogP contribution in [-0.4, -0.2) is 20.4 Å². The lowest BCUT2D eigenvalue weighted by molar-refractivity contribution is 0.429. The van der Waals surface area contributed by atoms with E-state index in [0.29, 0.717) is 0 Å². The van der Waals surface area contributed by atoms with E-state index in [0.717, 1.165) is 99.5 Å². The number of rotatable bonds is 2. The van der Waals surface area contributed by atoms with Gasteiger partial charge in [0.2, 0.25) is 0 Å². The van der Waals surface area contributed by atoms with Crippen molar-refractivity contribution in [3.05, 3.63) is 179 Å². The molecule has 2 aliphatic rings. The van der Waals surface area contributed by atoms with E-state index < -0.39 is 10.8 Å². The number of benzene rings is 9. The Labute approximate surface area is 321 Å². The van der Waals surface area contributed by atoms with Crippen molar-refractivity contribution in [3.63, 3.8) is 0 Å². The SMILES string of the molecule is CC1(c2ccc(C3(C)c4c(ccc5cc(O)ccc45)Oc4ccc5cc(O)ccc5c43)cc2)c2c(ccc3cc(O)ccc23)Oc2ccc3cc(O)ccc3c21. The van der Waals surface area contributed by atoms with Crippen molar-refractivity contribution in [1.82, 2.24) is 0 Å². The molecule has 0 fully saturated rings. The highest BCUT2D eigenvalue weighted by atomic mass is 16.5. The van der Waals surface area contributed by atoms with Crippen molar-refractivity contribution >= 4 is 43.1 Å². The summed E-state index contributed by atoms with van der Waals surface area (Å²) >= 11 is 0. The van der Waals surface area contributed by atoms with Crippen molar-refractivity contribution in [3.8, 4) is 46.0 Å². The third-order valence-corrected chi connectivity index (χ3v) is 12.3. The van der Waals surface area contributed by atoms with Crippen molar-refractivity contribution in [2.24, 2.45) is 0 Å². The molecule has 2 aliphatic heterocycles. The molecule has 0 radical (unpaired) electrons. The zero-order valence-corrected chi connectivity index (χ0v) is 30.5. The van der Waals surface area contributed by atoms with Gasteiger partial charge < -0.3 is 29.9 Å². The van der Waals surface area contributed by atoms with Crippen LogP contribution < -0.4 is 9.47 Å². The first-order chi connectivity index (χ1) is 27.1. The Bertz CT molecular complexity index is 2770. The summed E-state index contributed by atoms with van der Waals surface area (Å²) in [5, 5.41) is 49.5. The summed E-state index contributed by atoms with van der Waals surface area (Å²) in [5.41, 5.74) is 4.54. The number of aromatic hydroxyl groups is 4. The average Bonchev–Trinajstić information content (AvgIpc) is 3.20. The molecule has 0 spiro atoms. The summed E-state index contributed by atoms with van der Waals surface area (Å²) in [6, 6.07) is 46.6. The predicted molar refractivity (Wildman–Crippen MR) is 220 cm³/mol. The monoisotopic (exact) mass is 730 g/mol. The fraction of sp³-hybridized carbons (Fsp3) is 0.0800. The number of ether oxygens (including phenoxy) is 2. The van der Waals surface area contributed by atoms with Gasteiger partial charge in [-0.15, -0.1) is 0 Å². The first-order valence-corrected chi connectivity index (χ1v) is 18.6. The predicted octanol–water partition coefficient (Wildman–Crippen LogP) is 12.0. The normalized spacial score (nSPS) is 14.8. The van der Waals surface area contributed by atoms with Gasteiger partial charge in [0.15, 0.2) is 0 Å². The maximum absolute atomic E-state index is 10.5. The number of phenols is 4. The van der Waals surface area contributed by atoms with Crippen LogP contribution in [0.5, 0.6) is 46.0 Å². The Morgan fingerprint density at radius 2 is 0.571 bits per heavy atom. The van der Waals surface area contributed by atoms with Crippen molar-refractivity contribution in [2.75, 3.05) is 0 Å². The maximum atomic E-state index is 10.5. The van der Waals surface area contributed by atoms with Crippen LogP contribution in [-0.2, 0) is 10.8 Å². The molecule has 0 aromatic heterocycles. The summed E-state index contributed by atoms with van der Waals surface area (Å²) < 4.78 is 13.4. The largest absolute Gasteiger partial charge is 0.508 e. The summed E-state index contributed by atoms with van der Waals surface area (Å²) in [5.74, 6) is 3.73. The Hall–Kier alpha value is -7.18. The van der Waals surface area contributed by atoms with Gasteiger partial charge in [-0.25, -0.2) is 0 Å². The van der Waals surface area contributed by atoms with Gasteiger partial charge in [0.25, 0.3) is 0 Å². The van der Waals surface area contributed by atoms with Crippen LogP contribution in [0, 0.1) is 0 Å². The van der Waals surface area contributed by atoms with E-state index in [1.54, 1.807) is 48.5 Å². The molecule has 0 amide bonds. The molecule has 0 unspecified atom stereocenters. The lowest BCUT2D eigenvalue weighted by Gasteiger charge is -2.41. The second-order valence-electron chi connectivity index (χ2n) is 15.4. The minimum Gasteiger partial charge on any atom is -0.508 e. The molecule has 9 aromatic carbocycles. The fourth-order valence-electron chi connectivity index (χ4n) is 9.79. The van der Waals surface area contributed by atoms with E-state index in [4.69, 9.17) is 9.47 Å². The smallest absolute Gasteiger partial charge is 0.132 e. The van der Waals surface area contributed by atoms with Crippen LogP contribution in [0.2, 0.25) is 0 Å². The minimum atomic E-state index is -0.741. The molecule has 0 saturated heterocycles. The van der Waals surface area contributed by atoms with Gasteiger partial charge in [0, 0.05) is 22.3 Å². The van der Waals surface area contributed by atoms with E-state index in [1.165, 1.54) is 0 Å². The van der Waals surface area contributed by atoms with Crippen molar-refractivity contribution < 1.29 is 29.9 Å². The zero-order valence-electron chi connectivity index (χ0n) is 30.5. The van der Waals surface area contributed by atoms with Crippen LogP contribution >= 0.6 is 0 Å². The van der Waals surface area contributed by atoms with Gasteiger partial charge >= 0.3 is 0 Å². The topological polar surface area (TPSA) is 99.4 Å². The molecule has 2 heterocycles. The molecule has 6 heteroatoms. The van der Waals surface area contributed by atoms with E-state index in [2.05, 4.69) is 38.1 Å². The Morgan fingerprint density at radius 1 is 0.321 bits per heavy atom. The van der Waals surface area contributed by atoms with Gasteiger partial charge in [-0.1, -0.05) is 72.8 Å². The Morgan fingerprint density at radius 3 is 0.821 bits per heavy atom. The molecular weight excluding hydrogens is 697 g/mol. The Balaban J connectivity index is 1.20. The molecular formula is C50H34O6. The number of fused-ring (bicyclic) bond motifs is 12. The average molecular weight is 731 g/mol. The summed E-state index contributed by atoms with van der Waals surface area (Å²) in [6.45, 7) is 4.48. The standard InChI is InChI=1S/C50H34O6/c1-49(45-37-15-11-33(51)23-27(37)3-19-41(45)55-42-20-4-28-24-34(52)12-16-38(28)46(42)49)31-7-9-32(10-8-31)50(2)47-39-17-13-35(53)25-29(39)5-21-43(47)56-44-22-6-30-26-36(54)14-18-40(30)48(44)50/h3-26,51-54H,1-2H3. The molecule has 0 atom stereocenters. The second kappa shape index (κ2) is 11.2. The molecule has 0 saturated carbocycles. The van der Waals surface area contributed by atoms with Gasteiger partial charge in [-0.2, -0.15) is 0 Å².